The Morgan fingerprint density at radius 2 is 1.71 bits per heavy atom. The van der Waals surface area contributed by atoms with Gasteiger partial charge in [-0.1, -0.05) is 13.8 Å². The average Bonchev–Trinajstić information content (AvgIpc) is 2.85. The molecule has 0 aliphatic carbocycles. The molecule has 0 fully saturated rings. The molecule has 2 nitrogen and oxygen atoms in total. The molecule has 7 heteroatoms. The molecule has 1 aromatic heterocycles. The van der Waals surface area contributed by atoms with Crippen LogP contribution in [-0.4, -0.2) is 21.6 Å². The van der Waals surface area contributed by atoms with Crippen molar-refractivity contribution in [3.63, 3.8) is 0 Å². The number of fused-ring (bicyclic) bond motifs is 2. The monoisotopic (exact) mass is 460 g/mol. The third-order valence-electron chi connectivity index (χ3n) is 5.01. The molecule has 0 amide bonds. The van der Waals surface area contributed by atoms with E-state index >= 15 is 8.63 Å². The molecule has 0 aromatic carbocycles. The molecule has 2 aliphatic rings. The number of halogens is 4. The van der Waals surface area contributed by atoms with Gasteiger partial charge in [-0.3, -0.25) is 0 Å². The Bertz CT molecular complexity index is 860. The van der Waals surface area contributed by atoms with E-state index in [4.69, 9.17) is 0 Å². The van der Waals surface area contributed by atoms with Crippen LogP contribution in [0, 0.1) is 19.8 Å². The third-order valence-corrected chi connectivity index (χ3v) is 7.35. The average molecular weight is 462 g/mol. The molecule has 130 valence electrons. The fraction of sp³-hybridized carbons (Fsp3) is 0.471. The van der Waals surface area contributed by atoms with Crippen molar-refractivity contribution in [1.82, 2.24) is 4.48 Å². The van der Waals surface area contributed by atoms with E-state index < -0.39 is 6.97 Å². The van der Waals surface area contributed by atoms with Gasteiger partial charge in [0.05, 0.1) is 4.48 Å². The van der Waals surface area contributed by atoms with E-state index in [1.165, 1.54) is 8.96 Å². The summed E-state index contributed by atoms with van der Waals surface area (Å²) >= 11 is 7.03. The number of aromatic nitrogens is 1. The predicted molar refractivity (Wildman–Crippen MR) is 104 cm³/mol. The van der Waals surface area contributed by atoms with Gasteiger partial charge >= 0.3 is 6.97 Å². The second-order valence-electron chi connectivity index (χ2n) is 7.15. The first-order chi connectivity index (χ1) is 11.0. The minimum atomic E-state index is -3.92. The lowest BCUT2D eigenvalue weighted by Crippen LogP contribution is -2.51. The van der Waals surface area contributed by atoms with Gasteiger partial charge in [-0.2, -0.15) is 0 Å². The van der Waals surface area contributed by atoms with Crippen LogP contribution in [0.5, 0.6) is 0 Å². The zero-order valence-corrected chi connectivity index (χ0v) is 17.9. The molecule has 0 radical (unpaired) electrons. The molecule has 0 spiro atoms. The van der Waals surface area contributed by atoms with Gasteiger partial charge in [0.2, 0.25) is 0 Å². The van der Waals surface area contributed by atoms with E-state index in [1.807, 2.05) is 13.8 Å². The minimum absolute atomic E-state index is 0.378. The molecule has 1 aromatic rings. The summed E-state index contributed by atoms with van der Waals surface area (Å²) in [5.74, 6) is 0.378. The van der Waals surface area contributed by atoms with Crippen LogP contribution in [0.25, 0.3) is 5.57 Å². The van der Waals surface area contributed by atoms with Gasteiger partial charge in [-0.15, -0.1) is 0 Å². The summed E-state index contributed by atoms with van der Waals surface area (Å²) in [7, 11) is 0. The first kappa shape index (κ1) is 18.1. The molecular weight excluding hydrogens is 441 g/mol. The van der Waals surface area contributed by atoms with Crippen molar-refractivity contribution in [2.24, 2.45) is 5.92 Å². The molecule has 0 bridgehead atoms. The fourth-order valence-corrected chi connectivity index (χ4v) is 4.77. The fourth-order valence-electron chi connectivity index (χ4n) is 4.01. The number of hydrogen-bond donors (Lipinski definition) is 0. The molecule has 0 unspecified atom stereocenters. The summed E-state index contributed by atoms with van der Waals surface area (Å²) < 4.78 is 35.1. The third kappa shape index (κ3) is 2.19. The Morgan fingerprint density at radius 1 is 1.12 bits per heavy atom. The number of hydrogen-bond acceptors (Lipinski definition) is 0. The van der Waals surface area contributed by atoms with Crippen molar-refractivity contribution in [3.05, 3.63) is 37.2 Å². The second-order valence-corrected chi connectivity index (χ2v) is 8.74. The zero-order valence-electron chi connectivity index (χ0n) is 14.8. The number of allylic oxidation sites excluding steroid dienone is 3. The van der Waals surface area contributed by atoms with E-state index in [2.05, 4.69) is 45.7 Å². The second kappa shape index (κ2) is 5.66. The highest BCUT2D eigenvalue weighted by Crippen LogP contribution is 2.47. The highest BCUT2D eigenvalue weighted by atomic mass is 79.9. The molecule has 3 heterocycles. The largest absolute Gasteiger partial charge is 0.737 e. The molecule has 2 aliphatic heterocycles. The lowest BCUT2D eigenvalue weighted by molar-refractivity contribution is -0.363. The molecule has 0 saturated heterocycles. The summed E-state index contributed by atoms with van der Waals surface area (Å²) in [6.07, 6.45) is 0.764. The first-order valence-corrected chi connectivity index (χ1v) is 9.73. The van der Waals surface area contributed by atoms with Gasteiger partial charge in [-0.25, -0.2) is 0 Å². The van der Waals surface area contributed by atoms with Crippen molar-refractivity contribution in [2.75, 3.05) is 0 Å². The standard InChI is InChI=1S/C17H21BBr2F2N2/c1-8(2)7-13-16-9(3)14(19)11(5)23(16)18(21,22)24-12(6)15(20)10(4)17(13)24/h8H,7H2,1-6H3. The molecule has 3 rings (SSSR count). The number of nitrogens with zero attached hydrogens (tertiary/aromatic N) is 2. The van der Waals surface area contributed by atoms with Gasteiger partial charge < -0.3 is 17.6 Å². The Labute approximate surface area is 158 Å². The molecule has 0 saturated carbocycles. The van der Waals surface area contributed by atoms with Gasteiger partial charge in [0, 0.05) is 28.2 Å². The number of rotatable bonds is 2. The van der Waals surface area contributed by atoms with Gasteiger partial charge in [0.25, 0.3) is 0 Å². The van der Waals surface area contributed by atoms with Crippen LogP contribution in [0.3, 0.4) is 0 Å². The highest BCUT2D eigenvalue weighted by molar-refractivity contribution is 9.12. The molecule has 0 atom stereocenters. The first-order valence-electron chi connectivity index (χ1n) is 8.14. The summed E-state index contributed by atoms with van der Waals surface area (Å²) in [6.45, 7) is 7.69. The van der Waals surface area contributed by atoms with Gasteiger partial charge in [0.15, 0.2) is 5.70 Å². The highest BCUT2D eigenvalue weighted by Gasteiger charge is 2.56. The quantitative estimate of drug-likeness (QED) is 0.476. The molecule has 0 N–H and O–H groups in total. The van der Waals surface area contributed by atoms with Gasteiger partial charge in [0.1, 0.15) is 5.71 Å². The summed E-state index contributed by atoms with van der Waals surface area (Å²) in [4.78, 5) is 0. The van der Waals surface area contributed by atoms with E-state index in [0.29, 0.717) is 28.7 Å². The summed E-state index contributed by atoms with van der Waals surface area (Å²) in [5.41, 5.74) is 5.32. The van der Waals surface area contributed by atoms with Crippen LogP contribution >= 0.6 is 31.9 Å². The van der Waals surface area contributed by atoms with Crippen molar-refractivity contribution < 1.29 is 13.1 Å². The Kier molecular flexibility index (Phi) is 4.27. The van der Waals surface area contributed by atoms with Crippen LogP contribution in [0.2, 0.25) is 0 Å². The maximum absolute atomic E-state index is 15.5. The minimum Gasteiger partial charge on any atom is -0.393 e. The van der Waals surface area contributed by atoms with Crippen LogP contribution in [0.15, 0.2) is 20.2 Å². The Morgan fingerprint density at radius 3 is 2.25 bits per heavy atom. The maximum Gasteiger partial charge on any atom is 0.737 e. The van der Waals surface area contributed by atoms with Crippen LogP contribution < -0.4 is 0 Å². The van der Waals surface area contributed by atoms with Crippen LogP contribution in [0.1, 0.15) is 51.1 Å². The lowest BCUT2D eigenvalue weighted by atomic mass is 9.83. The Hall–Kier alpha value is -0.685. The van der Waals surface area contributed by atoms with E-state index in [9.17, 15) is 0 Å². The maximum atomic E-state index is 15.5. The zero-order chi connectivity index (χ0) is 18.1. The molecular formula is C17H21BBr2F2N2. The van der Waals surface area contributed by atoms with E-state index in [1.54, 1.807) is 13.8 Å². The SMILES string of the molecule is CC1=C(Br)C(C)=[N+]2C1=C(CC(C)C)c1c(C)c(Br)c(C)n1[B-]2(F)F. The Balaban J connectivity index is 2.50. The van der Waals surface area contributed by atoms with E-state index in [0.717, 1.165) is 32.1 Å². The molecule has 24 heavy (non-hydrogen) atoms. The van der Waals surface area contributed by atoms with Crippen LogP contribution in [0.4, 0.5) is 8.63 Å². The predicted octanol–water partition coefficient (Wildman–Crippen LogP) is 6.02. The topological polar surface area (TPSA) is 7.94 Å². The summed E-state index contributed by atoms with van der Waals surface area (Å²) in [5, 5.41) is 0. The lowest BCUT2D eigenvalue weighted by Gasteiger charge is -2.34. The summed E-state index contributed by atoms with van der Waals surface area (Å²) in [6, 6.07) is 0. The smallest absolute Gasteiger partial charge is 0.393 e. The normalized spacial score (nSPS) is 19.6. The van der Waals surface area contributed by atoms with E-state index in [-0.39, 0.29) is 0 Å². The van der Waals surface area contributed by atoms with Crippen molar-refractivity contribution in [2.45, 2.75) is 48.0 Å². The van der Waals surface area contributed by atoms with Crippen molar-refractivity contribution in [1.29, 1.82) is 0 Å². The van der Waals surface area contributed by atoms with Crippen molar-refractivity contribution in [3.8, 4) is 0 Å². The van der Waals surface area contributed by atoms with Gasteiger partial charge in [-0.05, 0) is 76.2 Å². The van der Waals surface area contributed by atoms with Crippen molar-refractivity contribution >= 4 is 50.1 Å². The van der Waals surface area contributed by atoms with Crippen LogP contribution in [-0.2, 0) is 0 Å².